The third kappa shape index (κ3) is 6.93. The summed E-state index contributed by atoms with van der Waals surface area (Å²) in [5.74, 6) is 3.31. The van der Waals surface area contributed by atoms with Gasteiger partial charge in [-0.3, -0.25) is 4.98 Å². The highest BCUT2D eigenvalue weighted by molar-refractivity contribution is 14.0. The highest BCUT2D eigenvalue weighted by Crippen LogP contribution is 2.35. The molecule has 3 rings (SSSR count). The van der Waals surface area contributed by atoms with Crippen LogP contribution in [0.3, 0.4) is 0 Å². The third-order valence-corrected chi connectivity index (χ3v) is 4.43. The highest BCUT2D eigenvalue weighted by atomic mass is 127. The zero-order valence-corrected chi connectivity index (χ0v) is 20.1. The van der Waals surface area contributed by atoms with Crippen LogP contribution in [0.2, 0.25) is 0 Å². The average Bonchev–Trinajstić information content (AvgIpc) is 3.09. The maximum Gasteiger partial charge on any atom is 0.191 e. The topological polar surface area (TPSA) is 77.0 Å². The number of nitrogens with zero attached hydrogens (tertiary/aromatic N) is 2. The van der Waals surface area contributed by atoms with Crippen molar-refractivity contribution in [2.24, 2.45) is 4.99 Å². The van der Waals surface area contributed by atoms with Crippen molar-refractivity contribution in [3.8, 4) is 17.2 Å². The lowest BCUT2D eigenvalue weighted by molar-refractivity contribution is 0.254. The fraction of sp³-hybridized carbons (Fsp3) is 0.455. The molecule has 0 saturated heterocycles. The first-order valence-corrected chi connectivity index (χ1v) is 10.2. The van der Waals surface area contributed by atoms with Crippen LogP contribution in [0.25, 0.3) is 0 Å². The number of ether oxygens (including phenoxy) is 3. The summed E-state index contributed by atoms with van der Waals surface area (Å²) in [6, 6.07) is 7.89. The molecular weight excluding hydrogens is 495 g/mol. The summed E-state index contributed by atoms with van der Waals surface area (Å²) in [7, 11) is 0. The minimum absolute atomic E-state index is 0. The van der Waals surface area contributed by atoms with Crippen LogP contribution in [-0.4, -0.2) is 43.4 Å². The Hall–Kier alpha value is -2.23. The first-order chi connectivity index (χ1) is 14.2. The predicted molar refractivity (Wildman–Crippen MR) is 129 cm³/mol. The summed E-state index contributed by atoms with van der Waals surface area (Å²) in [6.45, 7) is 9.16. The van der Waals surface area contributed by atoms with Crippen LogP contribution in [0.5, 0.6) is 17.2 Å². The first-order valence-electron chi connectivity index (χ1n) is 10.2. The van der Waals surface area contributed by atoms with Crippen LogP contribution in [0, 0.1) is 0 Å². The van der Waals surface area contributed by atoms with E-state index in [1.807, 2.05) is 26.0 Å². The fourth-order valence-electron chi connectivity index (χ4n) is 3.17. The summed E-state index contributed by atoms with van der Waals surface area (Å²) in [4.78, 5) is 8.75. The Morgan fingerprint density at radius 2 is 2.13 bits per heavy atom. The maximum absolute atomic E-state index is 5.90. The number of aromatic nitrogens is 1. The number of hydrogen-bond donors (Lipinski definition) is 2. The number of pyridine rings is 1. The van der Waals surface area contributed by atoms with Gasteiger partial charge in [-0.2, -0.15) is 0 Å². The Morgan fingerprint density at radius 1 is 1.27 bits per heavy atom. The van der Waals surface area contributed by atoms with Crippen LogP contribution in [0.1, 0.15) is 31.9 Å². The second-order valence-electron chi connectivity index (χ2n) is 6.79. The van der Waals surface area contributed by atoms with E-state index in [-0.39, 0.29) is 30.1 Å². The second-order valence-corrected chi connectivity index (χ2v) is 6.79. The van der Waals surface area contributed by atoms with Crippen molar-refractivity contribution in [1.29, 1.82) is 0 Å². The quantitative estimate of drug-likeness (QED) is 0.225. The number of aliphatic imine (C=N–C) groups is 1. The molecule has 0 amide bonds. The van der Waals surface area contributed by atoms with Gasteiger partial charge in [0.15, 0.2) is 5.96 Å². The summed E-state index contributed by atoms with van der Waals surface area (Å²) in [5.41, 5.74) is 2.22. The molecule has 0 saturated carbocycles. The van der Waals surface area contributed by atoms with Crippen molar-refractivity contribution in [2.75, 3.05) is 26.3 Å². The van der Waals surface area contributed by atoms with E-state index in [1.165, 1.54) is 5.56 Å². The summed E-state index contributed by atoms with van der Waals surface area (Å²) in [6.07, 6.45) is 4.55. The van der Waals surface area contributed by atoms with Crippen LogP contribution in [0.4, 0.5) is 0 Å². The molecule has 1 aliphatic rings. The number of guanidine groups is 1. The molecule has 0 radical (unpaired) electrons. The van der Waals surface area contributed by atoms with Gasteiger partial charge in [-0.1, -0.05) is 0 Å². The Kier molecular flexibility index (Phi) is 9.99. The molecule has 2 N–H and O–H groups in total. The fourth-order valence-corrected chi connectivity index (χ4v) is 3.17. The van der Waals surface area contributed by atoms with Crippen molar-refractivity contribution in [1.82, 2.24) is 15.6 Å². The first kappa shape index (κ1) is 24.0. The van der Waals surface area contributed by atoms with E-state index in [9.17, 15) is 0 Å². The van der Waals surface area contributed by atoms with Gasteiger partial charge in [0.05, 0.1) is 25.9 Å². The molecular formula is C22H31IN4O3. The molecule has 2 aromatic rings. The van der Waals surface area contributed by atoms with Gasteiger partial charge in [-0.25, -0.2) is 4.99 Å². The minimum Gasteiger partial charge on any atom is -0.494 e. The zero-order valence-electron chi connectivity index (χ0n) is 17.8. The van der Waals surface area contributed by atoms with E-state index < -0.39 is 0 Å². The number of fused-ring (bicyclic) bond motifs is 1. The molecule has 164 valence electrons. The monoisotopic (exact) mass is 526 g/mol. The Labute approximate surface area is 195 Å². The number of halogens is 1. The molecule has 1 aromatic heterocycles. The maximum atomic E-state index is 5.90. The van der Waals surface area contributed by atoms with Gasteiger partial charge in [-0.15, -0.1) is 24.0 Å². The average molecular weight is 526 g/mol. The molecule has 7 nitrogen and oxygen atoms in total. The van der Waals surface area contributed by atoms with Crippen molar-refractivity contribution in [3.63, 3.8) is 0 Å². The predicted octanol–water partition coefficient (Wildman–Crippen LogP) is 3.56. The SMILES string of the molecule is CCNC(=NCc1cc2c(cc1OCC)CC(C)O2)NCCOc1cccnc1.I. The van der Waals surface area contributed by atoms with E-state index in [0.29, 0.717) is 26.3 Å². The molecule has 1 unspecified atom stereocenters. The van der Waals surface area contributed by atoms with E-state index in [0.717, 1.165) is 41.7 Å². The Balaban J connectivity index is 0.00000320. The molecule has 30 heavy (non-hydrogen) atoms. The van der Waals surface area contributed by atoms with E-state index in [1.54, 1.807) is 12.4 Å². The summed E-state index contributed by atoms with van der Waals surface area (Å²) in [5, 5.41) is 6.55. The molecule has 0 spiro atoms. The number of rotatable bonds is 9. The largest absolute Gasteiger partial charge is 0.494 e. The van der Waals surface area contributed by atoms with Crippen LogP contribution in [0.15, 0.2) is 41.7 Å². The molecule has 1 aliphatic heterocycles. The second kappa shape index (κ2) is 12.5. The highest BCUT2D eigenvalue weighted by Gasteiger charge is 2.21. The Bertz CT molecular complexity index is 818. The lowest BCUT2D eigenvalue weighted by Gasteiger charge is -2.14. The third-order valence-electron chi connectivity index (χ3n) is 4.43. The Morgan fingerprint density at radius 3 is 2.87 bits per heavy atom. The van der Waals surface area contributed by atoms with E-state index in [4.69, 9.17) is 19.2 Å². The molecule has 2 heterocycles. The van der Waals surface area contributed by atoms with Crippen molar-refractivity contribution in [2.45, 2.75) is 39.8 Å². The van der Waals surface area contributed by atoms with Gasteiger partial charge in [0, 0.05) is 30.3 Å². The normalized spacial score (nSPS) is 14.9. The van der Waals surface area contributed by atoms with Crippen LogP contribution < -0.4 is 24.8 Å². The zero-order chi connectivity index (χ0) is 20.5. The molecule has 1 aromatic carbocycles. The summed E-state index contributed by atoms with van der Waals surface area (Å²) < 4.78 is 17.4. The summed E-state index contributed by atoms with van der Waals surface area (Å²) >= 11 is 0. The van der Waals surface area contributed by atoms with E-state index in [2.05, 4.69) is 34.7 Å². The molecule has 1 atom stereocenters. The number of nitrogens with one attached hydrogen (secondary N) is 2. The van der Waals surface area contributed by atoms with E-state index >= 15 is 0 Å². The van der Waals surface area contributed by atoms with Crippen molar-refractivity contribution < 1.29 is 14.2 Å². The van der Waals surface area contributed by atoms with Gasteiger partial charge in [0.1, 0.15) is 30.0 Å². The smallest absolute Gasteiger partial charge is 0.191 e. The van der Waals surface area contributed by atoms with Gasteiger partial charge in [0.25, 0.3) is 0 Å². The lowest BCUT2D eigenvalue weighted by atomic mass is 10.1. The molecule has 0 fully saturated rings. The molecule has 8 heteroatoms. The van der Waals surface area contributed by atoms with Gasteiger partial charge < -0.3 is 24.8 Å². The van der Waals surface area contributed by atoms with Gasteiger partial charge in [-0.05, 0) is 45.0 Å². The molecule has 0 aliphatic carbocycles. The minimum atomic E-state index is 0. The van der Waals surface area contributed by atoms with Crippen molar-refractivity contribution >= 4 is 29.9 Å². The number of hydrogen-bond acceptors (Lipinski definition) is 5. The molecule has 0 bridgehead atoms. The lowest BCUT2D eigenvalue weighted by Crippen LogP contribution is -2.39. The van der Waals surface area contributed by atoms with Crippen LogP contribution >= 0.6 is 24.0 Å². The van der Waals surface area contributed by atoms with Crippen molar-refractivity contribution in [3.05, 3.63) is 47.8 Å². The van der Waals surface area contributed by atoms with Gasteiger partial charge in [0.2, 0.25) is 0 Å². The standard InChI is InChI=1S/C22H30N4O3.HI/c1-4-24-22(25-9-10-28-19-7-6-8-23-15-19)26-14-18-13-21-17(11-16(3)29-21)12-20(18)27-5-2;/h6-8,12-13,15-16H,4-5,9-11,14H2,1-3H3,(H2,24,25,26);1H. The van der Waals surface area contributed by atoms with Crippen LogP contribution in [-0.2, 0) is 13.0 Å². The van der Waals surface area contributed by atoms with Gasteiger partial charge >= 0.3 is 0 Å². The number of benzene rings is 1.